The predicted octanol–water partition coefficient (Wildman–Crippen LogP) is 2.71. The molecule has 1 saturated heterocycles. The van der Waals surface area contributed by atoms with Crippen molar-refractivity contribution in [1.29, 1.82) is 0 Å². The summed E-state index contributed by atoms with van der Waals surface area (Å²) in [4.78, 5) is 2.48. The highest BCUT2D eigenvalue weighted by atomic mass is 19.1. The lowest BCUT2D eigenvalue weighted by molar-refractivity contribution is 0.297. The van der Waals surface area contributed by atoms with E-state index in [4.69, 9.17) is 0 Å². The van der Waals surface area contributed by atoms with Crippen LogP contribution in [0.2, 0.25) is 0 Å². The number of hydrogen-bond donors (Lipinski definition) is 1. The SMILES string of the molecule is Cc1cccc(CNC(C)CN2CCCC2)c1F. The molecule has 0 spiro atoms. The summed E-state index contributed by atoms with van der Waals surface area (Å²) in [7, 11) is 0. The molecule has 1 unspecified atom stereocenters. The predicted molar refractivity (Wildman–Crippen MR) is 73.1 cm³/mol. The third-order valence-corrected chi connectivity index (χ3v) is 3.64. The molecule has 2 nitrogen and oxygen atoms in total. The number of halogens is 1. The molecule has 18 heavy (non-hydrogen) atoms. The molecule has 0 bridgehead atoms. The first-order chi connectivity index (χ1) is 8.66. The molecule has 1 atom stereocenters. The van der Waals surface area contributed by atoms with E-state index in [1.54, 1.807) is 0 Å². The van der Waals surface area contributed by atoms with Crippen LogP contribution in [0.15, 0.2) is 18.2 Å². The average molecular weight is 250 g/mol. The second kappa shape index (κ2) is 6.30. The van der Waals surface area contributed by atoms with Crippen molar-refractivity contribution in [1.82, 2.24) is 10.2 Å². The van der Waals surface area contributed by atoms with Crippen LogP contribution in [0.5, 0.6) is 0 Å². The van der Waals surface area contributed by atoms with E-state index in [-0.39, 0.29) is 5.82 Å². The monoisotopic (exact) mass is 250 g/mol. The Bertz CT molecular complexity index is 386. The Hall–Kier alpha value is -0.930. The van der Waals surface area contributed by atoms with Crippen LogP contribution >= 0.6 is 0 Å². The van der Waals surface area contributed by atoms with Crippen LogP contribution in [-0.2, 0) is 6.54 Å². The molecule has 0 radical (unpaired) electrons. The lowest BCUT2D eigenvalue weighted by Gasteiger charge is -2.21. The van der Waals surface area contributed by atoms with Crippen LogP contribution in [0.3, 0.4) is 0 Å². The average Bonchev–Trinajstić information content (AvgIpc) is 2.84. The largest absolute Gasteiger partial charge is 0.309 e. The topological polar surface area (TPSA) is 15.3 Å². The quantitative estimate of drug-likeness (QED) is 0.864. The Morgan fingerprint density at radius 1 is 1.33 bits per heavy atom. The summed E-state index contributed by atoms with van der Waals surface area (Å²) in [6.45, 7) is 8.09. The van der Waals surface area contributed by atoms with Crippen LogP contribution in [0.1, 0.15) is 30.9 Å². The summed E-state index contributed by atoms with van der Waals surface area (Å²) in [5.74, 6) is -0.0710. The summed E-state index contributed by atoms with van der Waals surface area (Å²) in [5, 5.41) is 3.41. The molecule has 2 rings (SSSR count). The van der Waals surface area contributed by atoms with Gasteiger partial charge in [0, 0.05) is 24.7 Å². The van der Waals surface area contributed by atoms with E-state index in [1.807, 2.05) is 25.1 Å². The molecule has 1 aliphatic heterocycles. The second-order valence-corrected chi connectivity index (χ2v) is 5.34. The van der Waals surface area contributed by atoms with Gasteiger partial charge in [0.15, 0.2) is 0 Å². The highest BCUT2D eigenvalue weighted by Gasteiger charge is 2.14. The van der Waals surface area contributed by atoms with Crippen LogP contribution in [0.25, 0.3) is 0 Å². The van der Waals surface area contributed by atoms with Crippen molar-refractivity contribution in [3.63, 3.8) is 0 Å². The zero-order valence-corrected chi connectivity index (χ0v) is 11.4. The number of nitrogens with one attached hydrogen (secondary N) is 1. The van der Waals surface area contributed by atoms with Gasteiger partial charge in [-0.1, -0.05) is 18.2 Å². The van der Waals surface area contributed by atoms with Gasteiger partial charge >= 0.3 is 0 Å². The molecule has 1 heterocycles. The van der Waals surface area contributed by atoms with E-state index in [1.165, 1.54) is 25.9 Å². The number of likely N-dealkylation sites (tertiary alicyclic amines) is 1. The van der Waals surface area contributed by atoms with Gasteiger partial charge < -0.3 is 10.2 Å². The minimum atomic E-state index is -0.0710. The highest BCUT2D eigenvalue weighted by Crippen LogP contribution is 2.12. The van der Waals surface area contributed by atoms with Crippen molar-refractivity contribution in [3.05, 3.63) is 35.1 Å². The first kappa shape index (κ1) is 13.5. The smallest absolute Gasteiger partial charge is 0.130 e. The Morgan fingerprint density at radius 3 is 2.78 bits per heavy atom. The summed E-state index contributed by atoms with van der Waals surface area (Å²) < 4.78 is 13.8. The van der Waals surface area contributed by atoms with Gasteiger partial charge in [-0.2, -0.15) is 0 Å². The maximum Gasteiger partial charge on any atom is 0.130 e. The van der Waals surface area contributed by atoms with E-state index in [0.717, 1.165) is 17.7 Å². The first-order valence-corrected chi connectivity index (χ1v) is 6.86. The summed E-state index contributed by atoms with van der Waals surface area (Å²) in [6, 6.07) is 5.99. The molecule has 0 aromatic heterocycles. The normalized spacial score (nSPS) is 18.2. The van der Waals surface area contributed by atoms with E-state index < -0.39 is 0 Å². The Balaban J connectivity index is 1.81. The van der Waals surface area contributed by atoms with Crippen molar-refractivity contribution in [3.8, 4) is 0 Å². The minimum absolute atomic E-state index is 0.0710. The minimum Gasteiger partial charge on any atom is -0.309 e. The lowest BCUT2D eigenvalue weighted by Crippen LogP contribution is -2.37. The molecular weight excluding hydrogens is 227 g/mol. The van der Waals surface area contributed by atoms with Gasteiger partial charge in [-0.05, 0) is 45.3 Å². The van der Waals surface area contributed by atoms with Gasteiger partial charge in [-0.15, -0.1) is 0 Å². The Labute approximate surface area is 109 Å². The molecule has 1 N–H and O–H groups in total. The van der Waals surface area contributed by atoms with Crippen molar-refractivity contribution in [2.45, 2.75) is 39.3 Å². The van der Waals surface area contributed by atoms with Crippen molar-refractivity contribution in [2.24, 2.45) is 0 Å². The van der Waals surface area contributed by atoms with Crippen molar-refractivity contribution >= 4 is 0 Å². The third-order valence-electron chi connectivity index (χ3n) is 3.64. The number of benzene rings is 1. The van der Waals surface area contributed by atoms with Crippen LogP contribution in [0.4, 0.5) is 4.39 Å². The lowest BCUT2D eigenvalue weighted by atomic mass is 10.1. The number of aryl methyl sites for hydroxylation is 1. The summed E-state index contributed by atoms with van der Waals surface area (Å²) in [6.07, 6.45) is 2.64. The van der Waals surface area contributed by atoms with E-state index in [9.17, 15) is 4.39 Å². The molecule has 1 aliphatic rings. The molecule has 0 aliphatic carbocycles. The highest BCUT2D eigenvalue weighted by molar-refractivity contribution is 5.24. The fourth-order valence-corrected chi connectivity index (χ4v) is 2.55. The molecule has 0 saturated carbocycles. The van der Waals surface area contributed by atoms with Gasteiger partial charge in [-0.3, -0.25) is 0 Å². The van der Waals surface area contributed by atoms with Gasteiger partial charge in [0.1, 0.15) is 5.82 Å². The summed E-state index contributed by atoms with van der Waals surface area (Å²) >= 11 is 0. The number of nitrogens with zero attached hydrogens (tertiary/aromatic N) is 1. The Kier molecular flexibility index (Phi) is 4.72. The number of rotatable bonds is 5. The van der Waals surface area contributed by atoms with Crippen molar-refractivity contribution in [2.75, 3.05) is 19.6 Å². The molecule has 1 fully saturated rings. The first-order valence-electron chi connectivity index (χ1n) is 6.86. The van der Waals surface area contributed by atoms with Crippen molar-refractivity contribution < 1.29 is 4.39 Å². The van der Waals surface area contributed by atoms with Crippen LogP contribution in [0, 0.1) is 12.7 Å². The standard InChI is InChI=1S/C15H23FN2/c1-12-6-5-7-14(15(12)16)10-17-13(2)11-18-8-3-4-9-18/h5-7,13,17H,3-4,8-11H2,1-2H3. The van der Waals surface area contributed by atoms with E-state index in [0.29, 0.717) is 12.6 Å². The van der Waals surface area contributed by atoms with Gasteiger partial charge in [-0.25, -0.2) is 4.39 Å². The molecule has 100 valence electrons. The maximum atomic E-state index is 13.8. The second-order valence-electron chi connectivity index (χ2n) is 5.34. The third kappa shape index (κ3) is 3.53. The van der Waals surface area contributed by atoms with Gasteiger partial charge in [0.25, 0.3) is 0 Å². The van der Waals surface area contributed by atoms with Gasteiger partial charge in [0.2, 0.25) is 0 Å². The van der Waals surface area contributed by atoms with E-state index in [2.05, 4.69) is 17.1 Å². The van der Waals surface area contributed by atoms with Gasteiger partial charge in [0.05, 0.1) is 0 Å². The maximum absolute atomic E-state index is 13.8. The van der Waals surface area contributed by atoms with Crippen LogP contribution < -0.4 is 5.32 Å². The molecule has 1 aromatic rings. The molecule has 1 aromatic carbocycles. The Morgan fingerprint density at radius 2 is 2.06 bits per heavy atom. The molecule has 3 heteroatoms. The molecule has 0 amide bonds. The zero-order valence-electron chi connectivity index (χ0n) is 11.4. The summed E-state index contributed by atoms with van der Waals surface area (Å²) in [5.41, 5.74) is 1.49. The van der Waals surface area contributed by atoms with Crippen LogP contribution in [-0.4, -0.2) is 30.6 Å². The fourth-order valence-electron chi connectivity index (χ4n) is 2.55. The number of hydrogen-bond acceptors (Lipinski definition) is 2. The van der Waals surface area contributed by atoms with E-state index >= 15 is 0 Å². The fraction of sp³-hybridized carbons (Fsp3) is 0.600. The molecular formula is C15H23FN2. The zero-order chi connectivity index (χ0) is 13.0.